The van der Waals surface area contributed by atoms with Crippen molar-refractivity contribution in [3.8, 4) is 0 Å². The second-order valence-electron chi connectivity index (χ2n) is 5.04. The van der Waals surface area contributed by atoms with Crippen LogP contribution in [0, 0.1) is 6.92 Å². The van der Waals surface area contributed by atoms with Crippen molar-refractivity contribution in [1.82, 2.24) is 4.90 Å². The maximum absolute atomic E-state index is 12.2. The number of carbonyl (C=O) groups is 1. The van der Waals surface area contributed by atoms with Crippen LogP contribution in [0.5, 0.6) is 0 Å². The van der Waals surface area contributed by atoms with E-state index in [0.29, 0.717) is 12.3 Å². The highest BCUT2D eigenvalue weighted by Gasteiger charge is 2.10. The molecule has 21 heavy (non-hydrogen) atoms. The van der Waals surface area contributed by atoms with E-state index in [-0.39, 0.29) is 5.91 Å². The lowest BCUT2D eigenvalue weighted by Crippen LogP contribution is -2.27. The fourth-order valence-corrected chi connectivity index (χ4v) is 2.87. The molecule has 0 radical (unpaired) electrons. The van der Waals surface area contributed by atoms with Gasteiger partial charge in [0.05, 0.1) is 5.75 Å². The predicted octanol–water partition coefficient (Wildman–Crippen LogP) is 3.33. The Kier molecular flexibility index (Phi) is 5.28. The van der Waals surface area contributed by atoms with Crippen LogP contribution in [-0.2, 0) is 11.3 Å². The summed E-state index contributed by atoms with van der Waals surface area (Å²) in [7, 11) is 1.84. The predicted molar refractivity (Wildman–Crippen MR) is 89.2 cm³/mol. The Labute approximate surface area is 130 Å². The molecule has 0 saturated carbocycles. The maximum Gasteiger partial charge on any atom is 0.232 e. The van der Waals surface area contributed by atoms with E-state index in [1.165, 1.54) is 0 Å². The van der Waals surface area contributed by atoms with Crippen LogP contribution in [0.1, 0.15) is 11.1 Å². The first-order valence-electron chi connectivity index (χ1n) is 6.83. The van der Waals surface area contributed by atoms with Gasteiger partial charge in [-0.05, 0) is 36.2 Å². The molecule has 0 unspecified atom stereocenters. The van der Waals surface area contributed by atoms with E-state index in [9.17, 15) is 4.79 Å². The Balaban J connectivity index is 1.87. The summed E-state index contributed by atoms with van der Waals surface area (Å²) in [5, 5.41) is 0. The summed E-state index contributed by atoms with van der Waals surface area (Å²) in [6.45, 7) is 2.61. The first-order chi connectivity index (χ1) is 10.1. The minimum absolute atomic E-state index is 0.123. The number of nitrogens with zero attached hydrogens (tertiary/aromatic N) is 1. The molecule has 0 heterocycles. The number of thioether (sulfide) groups is 1. The fourth-order valence-electron chi connectivity index (χ4n) is 1.94. The molecule has 4 heteroatoms. The molecule has 0 aliphatic rings. The summed E-state index contributed by atoms with van der Waals surface area (Å²) in [6, 6.07) is 15.9. The standard InChI is InChI=1S/C17H20N2OS/c1-13-10-15(8-9-16(13)18)21-12-17(20)19(2)11-14-6-4-3-5-7-14/h3-10H,11-12,18H2,1-2H3. The lowest BCUT2D eigenvalue weighted by Gasteiger charge is -2.17. The van der Waals surface area contributed by atoms with E-state index >= 15 is 0 Å². The monoisotopic (exact) mass is 300 g/mol. The van der Waals surface area contributed by atoms with E-state index in [1.54, 1.807) is 16.7 Å². The molecule has 3 nitrogen and oxygen atoms in total. The van der Waals surface area contributed by atoms with E-state index in [2.05, 4.69) is 0 Å². The lowest BCUT2D eigenvalue weighted by molar-refractivity contribution is -0.127. The van der Waals surface area contributed by atoms with Crippen LogP contribution in [0.4, 0.5) is 5.69 Å². The van der Waals surface area contributed by atoms with Crippen molar-refractivity contribution in [3.05, 3.63) is 59.7 Å². The van der Waals surface area contributed by atoms with Gasteiger partial charge in [0.2, 0.25) is 5.91 Å². The average Bonchev–Trinajstić information content (AvgIpc) is 2.49. The molecule has 2 aromatic carbocycles. The van der Waals surface area contributed by atoms with E-state index in [0.717, 1.165) is 21.7 Å². The van der Waals surface area contributed by atoms with E-state index in [1.807, 2.05) is 62.5 Å². The lowest BCUT2D eigenvalue weighted by atomic mass is 10.2. The number of nitrogens with two attached hydrogens (primary N) is 1. The van der Waals surface area contributed by atoms with E-state index in [4.69, 9.17) is 5.73 Å². The van der Waals surface area contributed by atoms with E-state index < -0.39 is 0 Å². The number of anilines is 1. The number of carbonyl (C=O) groups excluding carboxylic acids is 1. The maximum atomic E-state index is 12.2. The molecule has 0 spiro atoms. The van der Waals surface area contributed by atoms with Gasteiger partial charge in [-0.2, -0.15) is 0 Å². The molecular weight excluding hydrogens is 280 g/mol. The SMILES string of the molecule is Cc1cc(SCC(=O)N(C)Cc2ccccc2)ccc1N. The first kappa shape index (κ1) is 15.4. The van der Waals surface area contributed by atoms with Crippen LogP contribution in [-0.4, -0.2) is 23.6 Å². The molecule has 2 rings (SSSR count). The second kappa shape index (κ2) is 7.18. The molecule has 0 aliphatic heterocycles. The third-order valence-corrected chi connectivity index (χ3v) is 4.27. The Hall–Kier alpha value is -1.94. The largest absolute Gasteiger partial charge is 0.399 e. The van der Waals surface area contributed by atoms with Crippen LogP contribution < -0.4 is 5.73 Å². The summed E-state index contributed by atoms with van der Waals surface area (Å²) >= 11 is 1.54. The highest BCUT2D eigenvalue weighted by atomic mass is 32.2. The number of rotatable bonds is 5. The van der Waals surface area contributed by atoms with Crippen molar-refractivity contribution in [2.24, 2.45) is 0 Å². The third kappa shape index (κ3) is 4.53. The number of hydrogen-bond donors (Lipinski definition) is 1. The summed E-state index contributed by atoms with van der Waals surface area (Å²) < 4.78 is 0. The second-order valence-corrected chi connectivity index (χ2v) is 6.09. The normalized spacial score (nSPS) is 10.4. The zero-order valence-corrected chi connectivity index (χ0v) is 13.2. The van der Waals surface area contributed by atoms with Crippen molar-refractivity contribution in [1.29, 1.82) is 0 Å². The molecule has 0 fully saturated rings. The molecule has 0 aliphatic carbocycles. The van der Waals surface area contributed by atoms with Gasteiger partial charge in [-0.1, -0.05) is 30.3 Å². The van der Waals surface area contributed by atoms with Gasteiger partial charge in [0, 0.05) is 24.2 Å². The van der Waals surface area contributed by atoms with Crippen molar-refractivity contribution < 1.29 is 4.79 Å². The number of amides is 1. The molecule has 110 valence electrons. The first-order valence-corrected chi connectivity index (χ1v) is 7.81. The van der Waals surface area contributed by atoms with Crippen LogP contribution in [0.25, 0.3) is 0 Å². The van der Waals surface area contributed by atoms with Gasteiger partial charge in [-0.25, -0.2) is 0 Å². The quantitative estimate of drug-likeness (QED) is 0.680. The number of nitrogen functional groups attached to an aromatic ring is 1. The van der Waals surface area contributed by atoms with Gasteiger partial charge in [0.25, 0.3) is 0 Å². The van der Waals surface area contributed by atoms with Crippen LogP contribution >= 0.6 is 11.8 Å². The molecule has 2 aromatic rings. The minimum atomic E-state index is 0.123. The molecule has 0 bridgehead atoms. The topological polar surface area (TPSA) is 46.3 Å². The summed E-state index contributed by atoms with van der Waals surface area (Å²) in [4.78, 5) is 15.0. The zero-order valence-electron chi connectivity index (χ0n) is 12.4. The summed E-state index contributed by atoms with van der Waals surface area (Å²) in [5.41, 5.74) is 8.77. The Morgan fingerprint density at radius 1 is 1.19 bits per heavy atom. The third-order valence-electron chi connectivity index (χ3n) is 3.29. The Morgan fingerprint density at radius 2 is 1.90 bits per heavy atom. The van der Waals surface area contributed by atoms with Gasteiger partial charge in [0.1, 0.15) is 0 Å². The molecule has 0 aromatic heterocycles. The number of aryl methyl sites for hydroxylation is 1. The molecule has 2 N–H and O–H groups in total. The van der Waals surface area contributed by atoms with Gasteiger partial charge >= 0.3 is 0 Å². The van der Waals surface area contributed by atoms with Gasteiger partial charge in [-0.15, -0.1) is 11.8 Å². The van der Waals surface area contributed by atoms with Gasteiger partial charge in [0.15, 0.2) is 0 Å². The molecular formula is C17H20N2OS. The van der Waals surface area contributed by atoms with Crippen LogP contribution in [0.3, 0.4) is 0 Å². The van der Waals surface area contributed by atoms with Crippen molar-refractivity contribution >= 4 is 23.4 Å². The van der Waals surface area contributed by atoms with Crippen LogP contribution in [0.2, 0.25) is 0 Å². The van der Waals surface area contributed by atoms with Crippen LogP contribution in [0.15, 0.2) is 53.4 Å². The smallest absolute Gasteiger partial charge is 0.232 e. The molecule has 0 atom stereocenters. The fraction of sp³-hybridized carbons (Fsp3) is 0.235. The molecule has 1 amide bonds. The zero-order chi connectivity index (χ0) is 15.2. The Morgan fingerprint density at radius 3 is 2.57 bits per heavy atom. The average molecular weight is 300 g/mol. The van der Waals surface area contributed by atoms with Crippen molar-refractivity contribution in [2.75, 3.05) is 18.5 Å². The summed E-state index contributed by atoms with van der Waals surface area (Å²) in [6.07, 6.45) is 0. The number of hydrogen-bond acceptors (Lipinski definition) is 3. The summed E-state index contributed by atoms with van der Waals surface area (Å²) in [5.74, 6) is 0.561. The Bertz CT molecular complexity index is 613. The highest BCUT2D eigenvalue weighted by molar-refractivity contribution is 8.00. The molecule has 0 saturated heterocycles. The minimum Gasteiger partial charge on any atom is -0.399 e. The van der Waals surface area contributed by atoms with Crippen molar-refractivity contribution in [2.45, 2.75) is 18.4 Å². The number of benzene rings is 2. The van der Waals surface area contributed by atoms with Gasteiger partial charge < -0.3 is 10.6 Å². The van der Waals surface area contributed by atoms with Gasteiger partial charge in [-0.3, -0.25) is 4.79 Å². The highest BCUT2D eigenvalue weighted by Crippen LogP contribution is 2.22. The van der Waals surface area contributed by atoms with Crippen molar-refractivity contribution in [3.63, 3.8) is 0 Å².